The van der Waals surface area contributed by atoms with Crippen LogP contribution in [0.5, 0.6) is 11.5 Å². The number of halogens is 1. The van der Waals surface area contributed by atoms with Crippen LogP contribution in [0.1, 0.15) is 117 Å². The van der Waals surface area contributed by atoms with Crippen LogP contribution in [0.3, 0.4) is 0 Å². The van der Waals surface area contributed by atoms with Gasteiger partial charge in [-0.15, -0.1) is 0 Å². The van der Waals surface area contributed by atoms with Crippen LogP contribution < -0.4 is 9.47 Å². The first kappa shape index (κ1) is 33.6. The Labute approximate surface area is 254 Å². The third-order valence-electron chi connectivity index (χ3n) is 7.77. The zero-order valence-corrected chi connectivity index (χ0v) is 26.2. The van der Waals surface area contributed by atoms with Crippen LogP contribution in [0.4, 0.5) is 4.39 Å². The molecule has 0 fully saturated rings. The summed E-state index contributed by atoms with van der Waals surface area (Å²) in [4.78, 5) is 9.15. The lowest BCUT2D eigenvalue weighted by molar-refractivity contribution is 0.184. The van der Waals surface area contributed by atoms with Gasteiger partial charge in [-0.2, -0.15) is 0 Å². The zero-order chi connectivity index (χ0) is 29.7. The summed E-state index contributed by atoms with van der Waals surface area (Å²) in [6.07, 6.45) is 22.3. The minimum Gasteiger partial charge on any atom is -0.494 e. The van der Waals surface area contributed by atoms with Crippen molar-refractivity contribution < 1.29 is 13.9 Å². The van der Waals surface area contributed by atoms with Crippen molar-refractivity contribution in [2.75, 3.05) is 13.2 Å². The molecule has 0 spiro atoms. The molecule has 2 aromatic carbocycles. The number of hydrogen-bond acceptors (Lipinski definition) is 4. The Balaban J connectivity index is 1.34. The molecule has 3 rings (SSSR count). The average Bonchev–Trinajstić information content (AvgIpc) is 3.03. The minimum atomic E-state index is -0.924. The fourth-order valence-electron chi connectivity index (χ4n) is 5.09. The van der Waals surface area contributed by atoms with Gasteiger partial charge in [-0.25, -0.2) is 14.4 Å². The van der Waals surface area contributed by atoms with Gasteiger partial charge in [0.2, 0.25) is 0 Å². The molecule has 1 unspecified atom stereocenters. The van der Waals surface area contributed by atoms with Gasteiger partial charge >= 0.3 is 0 Å². The average molecular weight is 577 g/mol. The number of benzene rings is 2. The van der Waals surface area contributed by atoms with Gasteiger partial charge in [0, 0.05) is 23.5 Å². The van der Waals surface area contributed by atoms with E-state index >= 15 is 0 Å². The van der Waals surface area contributed by atoms with E-state index in [-0.39, 0.29) is 6.61 Å². The first-order chi connectivity index (χ1) is 20.7. The predicted molar refractivity (Wildman–Crippen MR) is 174 cm³/mol. The van der Waals surface area contributed by atoms with Crippen molar-refractivity contribution in [1.29, 1.82) is 0 Å². The van der Waals surface area contributed by atoms with Gasteiger partial charge in [0.05, 0.1) is 6.61 Å². The second-order valence-corrected chi connectivity index (χ2v) is 11.5. The predicted octanol–water partition coefficient (Wildman–Crippen LogP) is 11.2. The highest BCUT2D eigenvalue weighted by atomic mass is 19.1. The molecular weight excluding hydrogens is 523 g/mol. The second kappa shape index (κ2) is 20.9. The molecule has 1 heterocycles. The molecule has 1 aromatic heterocycles. The van der Waals surface area contributed by atoms with Crippen LogP contribution in [0.25, 0.3) is 22.5 Å². The Bertz CT molecular complexity index is 1070. The molecule has 3 aromatic rings. The third-order valence-corrected chi connectivity index (χ3v) is 7.77. The Morgan fingerprint density at radius 2 is 1.02 bits per heavy atom. The largest absolute Gasteiger partial charge is 0.494 e. The first-order valence-electron chi connectivity index (χ1n) is 16.6. The van der Waals surface area contributed by atoms with Crippen molar-refractivity contribution in [1.82, 2.24) is 9.97 Å². The topological polar surface area (TPSA) is 44.2 Å². The van der Waals surface area contributed by atoms with E-state index < -0.39 is 6.17 Å². The number of aromatic nitrogens is 2. The molecule has 0 saturated heterocycles. The van der Waals surface area contributed by atoms with Gasteiger partial charge in [-0.3, -0.25) is 0 Å². The van der Waals surface area contributed by atoms with E-state index in [9.17, 15) is 4.39 Å². The van der Waals surface area contributed by atoms with E-state index in [4.69, 9.17) is 9.47 Å². The van der Waals surface area contributed by atoms with Crippen LogP contribution in [-0.2, 0) is 0 Å². The fraction of sp³-hybridized carbons (Fsp3) is 0.568. The summed E-state index contributed by atoms with van der Waals surface area (Å²) in [6, 6.07) is 15.7. The lowest BCUT2D eigenvalue weighted by Crippen LogP contribution is -2.12. The quantitative estimate of drug-likeness (QED) is 0.105. The standard InChI is InChI=1S/C37H53FN2O2/c1-3-5-7-9-10-11-12-13-15-17-27-41-35-23-19-31(20-24-35)33-28-39-37(40-29-33)32-21-25-36(26-22-32)42-30-34(38)18-16-14-8-6-4-2/h19-26,28-29,34H,3-18,27,30H2,1-2H3. The summed E-state index contributed by atoms with van der Waals surface area (Å²) in [5, 5.41) is 0. The SMILES string of the molecule is CCCCCCCCCCCCOc1ccc(-c2cnc(-c3ccc(OCC(F)CCCCCCC)cc3)nc2)cc1. The van der Waals surface area contributed by atoms with Gasteiger partial charge in [-0.1, -0.05) is 116 Å². The monoisotopic (exact) mass is 576 g/mol. The van der Waals surface area contributed by atoms with Crippen LogP contribution in [-0.4, -0.2) is 29.4 Å². The van der Waals surface area contributed by atoms with E-state index in [1.165, 1.54) is 77.0 Å². The molecule has 0 saturated carbocycles. The van der Waals surface area contributed by atoms with Gasteiger partial charge < -0.3 is 9.47 Å². The van der Waals surface area contributed by atoms with Crippen LogP contribution in [0, 0.1) is 0 Å². The summed E-state index contributed by atoms with van der Waals surface area (Å²) in [5.74, 6) is 2.22. The molecule has 5 heteroatoms. The zero-order valence-electron chi connectivity index (χ0n) is 26.2. The maximum Gasteiger partial charge on any atom is 0.159 e. The molecule has 0 aliphatic carbocycles. The van der Waals surface area contributed by atoms with Gasteiger partial charge in [-0.05, 0) is 54.8 Å². The van der Waals surface area contributed by atoms with Crippen molar-refractivity contribution in [2.45, 2.75) is 123 Å². The van der Waals surface area contributed by atoms with E-state index in [1.54, 1.807) is 0 Å². The smallest absolute Gasteiger partial charge is 0.159 e. The molecule has 0 aliphatic heterocycles. The summed E-state index contributed by atoms with van der Waals surface area (Å²) < 4.78 is 25.8. The molecule has 0 N–H and O–H groups in total. The van der Waals surface area contributed by atoms with Gasteiger partial charge in [0.15, 0.2) is 5.82 Å². The molecule has 0 amide bonds. The summed E-state index contributed by atoms with van der Waals surface area (Å²) in [5.41, 5.74) is 2.92. The van der Waals surface area contributed by atoms with Crippen molar-refractivity contribution in [3.8, 4) is 34.0 Å². The molecule has 0 radical (unpaired) electrons. The van der Waals surface area contributed by atoms with E-state index in [2.05, 4.69) is 35.9 Å². The molecular formula is C37H53FN2O2. The van der Waals surface area contributed by atoms with Crippen LogP contribution >= 0.6 is 0 Å². The number of rotatable bonds is 23. The highest BCUT2D eigenvalue weighted by Gasteiger charge is 2.09. The summed E-state index contributed by atoms with van der Waals surface area (Å²) in [6.45, 7) is 5.33. The van der Waals surface area contributed by atoms with Crippen molar-refractivity contribution >= 4 is 0 Å². The Hall–Kier alpha value is -2.95. The first-order valence-corrected chi connectivity index (χ1v) is 16.6. The van der Waals surface area contributed by atoms with Crippen molar-refractivity contribution in [3.63, 3.8) is 0 Å². The minimum absolute atomic E-state index is 0.0987. The number of nitrogens with zero attached hydrogens (tertiary/aromatic N) is 2. The van der Waals surface area contributed by atoms with E-state index in [1.807, 2.05) is 48.8 Å². The Kier molecular flexibility index (Phi) is 16.7. The Morgan fingerprint density at radius 1 is 0.548 bits per heavy atom. The third kappa shape index (κ3) is 13.4. The maximum atomic E-state index is 14.1. The number of hydrogen-bond donors (Lipinski definition) is 0. The normalized spacial score (nSPS) is 11.9. The maximum absolute atomic E-state index is 14.1. The van der Waals surface area contributed by atoms with Crippen molar-refractivity contribution in [3.05, 3.63) is 60.9 Å². The molecule has 1 atom stereocenters. The number of ether oxygens (including phenoxy) is 2. The molecule has 0 bridgehead atoms. The number of unbranched alkanes of at least 4 members (excludes halogenated alkanes) is 13. The number of alkyl halides is 1. The van der Waals surface area contributed by atoms with Crippen molar-refractivity contribution in [2.24, 2.45) is 0 Å². The summed E-state index contributed by atoms with van der Waals surface area (Å²) in [7, 11) is 0. The lowest BCUT2D eigenvalue weighted by Gasteiger charge is -2.11. The molecule has 230 valence electrons. The molecule has 42 heavy (non-hydrogen) atoms. The lowest BCUT2D eigenvalue weighted by atomic mass is 10.1. The second-order valence-electron chi connectivity index (χ2n) is 11.5. The van der Waals surface area contributed by atoms with E-state index in [0.717, 1.165) is 48.3 Å². The fourth-order valence-corrected chi connectivity index (χ4v) is 5.09. The summed E-state index contributed by atoms with van der Waals surface area (Å²) >= 11 is 0. The van der Waals surface area contributed by atoms with Gasteiger partial charge in [0.25, 0.3) is 0 Å². The van der Waals surface area contributed by atoms with Gasteiger partial charge in [0.1, 0.15) is 24.3 Å². The highest BCUT2D eigenvalue weighted by molar-refractivity contribution is 5.64. The highest BCUT2D eigenvalue weighted by Crippen LogP contribution is 2.24. The van der Waals surface area contributed by atoms with E-state index in [0.29, 0.717) is 18.0 Å². The molecule has 0 aliphatic rings. The Morgan fingerprint density at radius 3 is 1.60 bits per heavy atom. The van der Waals surface area contributed by atoms with Crippen LogP contribution in [0.15, 0.2) is 60.9 Å². The molecule has 4 nitrogen and oxygen atoms in total. The van der Waals surface area contributed by atoms with Crippen LogP contribution in [0.2, 0.25) is 0 Å².